The molecule has 0 radical (unpaired) electrons. The molecule has 0 N–H and O–H groups in total. The van der Waals surface area contributed by atoms with Gasteiger partial charge in [-0.1, -0.05) is 17.7 Å². The highest BCUT2D eigenvalue weighted by atomic mass is 32.2. The molecule has 1 fully saturated rings. The number of hydrogen-bond donors (Lipinski definition) is 0. The van der Waals surface area contributed by atoms with Crippen LogP contribution in [0.1, 0.15) is 24.0 Å². The number of benzene rings is 1. The lowest BCUT2D eigenvalue weighted by Crippen LogP contribution is -2.26. The third kappa shape index (κ3) is 3.64. The average molecular weight is 268 g/mol. The van der Waals surface area contributed by atoms with Crippen LogP contribution < -0.4 is 0 Å². The molecule has 1 aromatic carbocycles. The van der Waals surface area contributed by atoms with Gasteiger partial charge in [0.2, 0.25) is 0 Å². The molecule has 1 aliphatic heterocycles. The molecule has 1 atom stereocenters. The maximum absolute atomic E-state index is 12.2. The standard InChI is InChI=1S/C14H20O3S/c1-11-4-5-13(12(2)10-11)18(15)9-6-14-16-7-3-8-17-14/h4-5,10,14H,3,6-9H2,1-2H3. The quantitative estimate of drug-likeness (QED) is 0.842. The number of aryl methyl sites for hydroxylation is 2. The van der Waals surface area contributed by atoms with Crippen LogP contribution in [-0.4, -0.2) is 29.5 Å². The van der Waals surface area contributed by atoms with Crippen LogP contribution in [0.2, 0.25) is 0 Å². The molecule has 4 heteroatoms. The summed E-state index contributed by atoms with van der Waals surface area (Å²) in [6, 6.07) is 6.04. The summed E-state index contributed by atoms with van der Waals surface area (Å²) in [5, 5.41) is 0. The summed E-state index contributed by atoms with van der Waals surface area (Å²) in [6.07, 6.45) is 1.48. The first-order valence-corrected chi connectivity index (χ1v) is 7.67. The molecule has 100 valence electrons. The van der Waals surface area contributed by atoms with E-state index >= 15 is 0 Å². The van der Waals surface area contributed by atoms with Gasteiger partial charge in [0.1, 0.15) is 0 Å². The number of rotatable bonds is 4. The molecule has 3 nitrogen and oxygen atoms in total. The van der Waals surface area contributed by atoms with E-state index in [1.165, 1.54) is 5.56 Å². The Bertz CT molecular complexity index is 425. The Morgan fingerprint density at radius 3 is 2.67 bits per heavy atom. The Hall–Kier alpha value is -0.710. The van der Waals surface area contributed by atoms with E-state index < -0.39 is 10.8 Å². The third-order valence-corrected chi connectivity index (χ3v) is 4.57. The first-order valence-electron chi connectivity index (χ1n) is 6.35. The lowest BCUT2D eigenvalue weighted by molar-refractivity contribution is -0.178. The van der Waals surface area contributed by atoms with Crippen LogP contribution in [0.3, 0.4) is 0 Å². The molecule has 0 saturated carbocycles. The molecule has 1 heterocycles. The second-order valence-electron chi connectivity index (χ2n) is 4.63. The van der Waals surface area contributed by atoms with Gasteiger partial charge >= 0.3 is 0 Å². The Kier molecular flexibility index (Phi) is 4.92. The van der Waals surface area contributed by atoms with Crippen molar-refractivity contribution in [3.8, 4) is 0 Å². The summed E-state index contributed by atoms with van der Waals surface area (Å²) < 4.78 is 23.1. The molecule has 0 aromatic heterocycles. The predicted molar refractivity (Wildman–Crippen MR) is 72.1 cm³/mol. The van der Waals surface area contributed by atoms with Gasteiger partial charge in [-0.3, -0.25) is 4.21 Å². The van der Waals surface area contributed by atoms with Gasteiger partial charge in [-0.05, 0) is 31.9 Å². The SMILES string of the molecule is Cc1ccc(S(=O)CCC2OCCCO2)c(C)c1. The Labute approximate surface area is 111 Å². The maximum Gasteiger partial charge on any atom is 0.158 e. The zero-order valence-corrected chi connectivity index (χ0v) is 11.8. The van der Waals surface area contributed by atoms with Crippen molar-refractivity contribution < 1.29 is 13.7 Å². The van der Waals surface area contributed by atoms with Crippen molar-refractivity contribution in [3.63, 3.8) is 0 Å². The van der Waals surface area contributed by atoms with Crippen LogP contribution in [0.25, 0.3) is 0 Å². The van der Waals surface area contributed by atoms with Crippen molar-refractivity contribution in [3.05, 3.63) is 29.3 Å². The molecule has 18 heavy (non-hydrogen) atoms. The van der Waals surface area contributed by atoms with Crippen LogP contribution >= 0.6 is 0 Å². The molecule has 0 bridgehead atoms. The first-order chi connectivity index (χ1) is 8.66. The van der Waals surface area contributed by atoms with Gasteiger partial charge in [0.05, 0.1) is 24.0 Å². The fourth-order valence-corrected chi connectivity index (χ4v) is 3.34. The Balaban J connectivity index is 1.90. The Morgan fingerprint density at radius 2 is 2.00 bits per heavy atom. The van der Waals surface area contributed by atoms with Crippen LogP contribution in [0.4, 0.5) is 0 Å². The number of hydrogen-bond acceptors (Lipinski definition) is 3. The molecule has 0 amide bonds. The Morgan fingerprint density at radius 1 is 1.28 bits per heavy atom. The first kappa shape index (κ1) is 13.7. The van der Waals surface area contributed by atoms with E-state index in [1.54, 1.807) is 0 Å². The van der Waals surface area contributed by atoms with Gasteiger partial charge in [0.15, 0.2) is 6.29 Å². The summed E-state index contributed by atoms with van der Waals surface area (Å²) in [5.74, 6) is 0.592. The minimum absolute atomic E-state index is 0.173. The maximum atomic E-state index is 12.2. The fraction of sp³-hybridized carbons (Fsp3) is 0.571. The monoisotopic (exact) mass is 268 g/mol. The van der Waals surface area contributed by atoms with Gasteiger partial charge in [-0.2, -0.15) is 0 Å². The minimum atomic E-state index is -0.965. The molecule has 0 spiro atoms. The van der Waals surface area contributed by atoms with Crippen LogP contribution in [0.15, 0.2) is 23.1 Å². The van der Waals surface area contributed by atoms with Gasteiger partial charge in [0, 0.05) is 17.1 Å². The second kappa shape index (κ2) is 6.45. The number of ether oxygens (including phenoxy) is 2. The average Bonchev–Trinajstić information content (AvgIpc) is 2.37. The highest BCUT2D eigenvalue weighted by Crippen LogP contribution is 2.17. The molecule has 1 saturated heterocycles. The van der Waals surface area contributed by atoms with E-state index in [2.05, 4.69) is 6.07 Å². The van der Waals surface area contributed by atoms with Gasteiger partial charge < -0.3 is 9.47 Å². The van der Waals surface area contributed by atoms with Crippen molar-refractivity contribution in [1.82, 2.24) is 0 Å². The molecule has 2 rings (SSSR count). The topological polar surface area (TPSA) is 35.5 Å². The lowest BCUT2D eigenvalue weighted by atomic mass is 10.2. The lowest BCUT2D eigenvalue weighted by Gasteiger charge is -2.22. The van der Waals surface area contributed by atoms with Crippen molar-refractivity contribution in [1.29, 1.82) is 0 Å². The molecule has 0 aliphatic carbocycles. The molecular weight excluding hydrogens is 248 g/mol. The van der Waals surface area contributed by atoms with Gasteiger partial charge in [0.25, 0.3) is 0 Å². The molecular formula is C14H20O3S. The predicted octanol–water partition coefficient (Wildman–Crippen LogP) is 2.56. The largest absolute Gasteiger partial charge is 0.353 e. The van der Waals surface area contributed by atoms with Crippen LogP contribution in [0.5, 0.6) is 0 Å². The van der Waals surface area contributed by atoms with Gasteiger partial charge in [-0.15, -0.1) is 0 Å². The summed E-state index contributed by atoms with van der Waals surface area (Å²) in [7, 11) is -0.965. The van der Waals surface area contributed by atoms with Crippen molar-refractivity contribution in [2.24, 2.45) is 0 Å². The summed E-state index contributed by atoms with van der Waals surface area (Å²) >= 11 is 0. The van der Waals surface area contributed by atoms with E-state index in [9.17, 15) is 4.21 Å². The zero-order valence-electron chi connectivity index (χ0n) is 11.0. The highest BCUT2D eigenvalue weighted by Gasteiger charge is 2.16. The summed E-state index contributed by atoms with van der Waals surface area (Å²) in [6.45, 7) is 5.55. The molecule has 1 unspecified atom stereocenters. The smallest absolute Gasteiger partial charge is 0.158 e. The van der Waals surface area contributed by atoms with E-state index in [4.69, 9.17) is 9.47 Å². The van der Waals surface area contributed by atoms with E-state index in [0.717, 1.165) is 30.1 Å². The highest BCUT2D eigenvalue weighted by molar-refractivity contribution is 7.85. The van der Waals surface area contributed by atoms with Crippen LogP contribution in [0, 0.1) is 13.8 Å². The third-order valence-electron chi connectivity index (χ3n) is 3.01. The van der Waals surface area contributed by atoms with Gasteiger partial charge in [-0.25, -0.2) is 0 Å². The molecule has 1 aliphatic rings. The normalized spacial score (nSPS) is 18.8. The second-order valence-corrected chi connectivity index (χ2v) is 6.17. The van der Waals surface area contributed by atoms with Crippen molar-refractivity contribution >= 4 is 10.8 Å². The van der Waals surface area contributed by atoms with Crippen LogP contribution in [-0.2, 0) is 20.3 Å². The zero-order chi connectivity index (χ0) is 13.0. The van der Waals surface area contributed by atoms with E-state index in [-0.39, 0.29) is 6.29 Å². The van der Waals surface area contributed by atoms with Crippen molar-refractivity contribution in [2.75, 3.05) is 19.0 Å². The summed E-state index contributed by atoms with van der Waals surface area (Å²) in [4.78, 5) is 0.927. The van der Waals surface area contributed by atoms with E-state index in [1.807, 2.05) is 26.0 Å². The minimum Gasteiger partial charge on any atom is -0.353 e. The fourth-order valence-electron chi connectivity index (χ4n) is 2.07. The van der Waals surface area contributed by atoms with E-state index in [0.29, 0.717) is 12.2 Å². The molecule has 1 aromatic rings. The summed E-state index contributed by atoms with van der Waals surface area (Å²) in [5.41, 5.74) is 2.30. The van der Waals surface area contributed by atoms with Crippen molar-refractivity contribution in [2.45, 2.75) is 37.9 Å².